The fourth-order valence-corrected chi connectivity index (χ4v) is 2.02. The molecule has 0 spiro atoms. The van der Waals surface area contributed by atoms with E-state index in [0.717, 1.165) is 43.8 Å². The molecule has 1 aromatic heterocycles. The SMILES string of the molecule is O=c1cc(C2CCCO2)nc(C2CC2)[nH]1. The highest BCUT2D eigenvalue weighted by molar-refractivity contribution is 5.12. The van der Waals surface area contributed by atoms with Crippen LogP contribution < -0.4 is 5.56 Å². The third kappa shape index (κ3) is 1.81. The first-order valence-corrected chi connectivity index (χ1v) is 5.56. The Hall–Kier alpha value is -1.16. The maximum atomic E-state index is 11.4. The van der Waals surface area contributed by atoms with Gasteiger partial charge < -0.3 is 9.72 Å². The molecule has 80 valence electrons. The van der Waals surface area contributed by atoms with E-state index < -0.39 is 0 Å². The summed E-state index contributed by atoms with van der Waals surface area (Å²) in [6, 6.07) is 1.57. The van der Waals surface area contributed by atoms with Gasteiger partial charge in [-0.3, -0.25) is 4.79 Å². The molecule has 3 rings (SSSR count). The summed E-state index contributed by atoms with van der Waals surface area (Å²) in [5.74, 6) is 1.34. The average molecular weight is 206 g/mol. The van der Waals surface area contributed by atoms with Gasteiger partial charge in [0.05, 0.1) is 11.8 Å². The molecule has 2 heterocycles. The van der Waals surface area contributed by atoms with Gasteiger partial charge in [-0.25, -0.2) is 4.98 Å². The van der Waals surface area contributed by atoms with Gasteiger partial charge in [-0.2, -0.15) is 0 Å². The molecule has 0 amide bonds. The zero-order valence-corrected chi connectivity index (χ0v) is 8.53. The Morgan fingerprint density at radius 3 is 2.93 bits per heavy atom. The quantitative estimate of drug-likeness (QED) is 0.797. The van der Waals surface area contributed by atoms with Crippen LogP contribution in [0.2, 0.25) is 0 Å². The third-order valence-corrected chi connectivity index (χ3v) is 3.00. The molecular weight excluding hydrogens is 192 g/mol. The summed E-state index contributed by atoms with van der Waals surface area (Å²) < 4.78 is 5.53. The van der Waals surface area contributed by atoms with Crippen molar-refractivity contribution >= 4 is 0 Å². The minimum Gasteiger partial charge on any atom is -0.372 e. The summed E-state index contributed by atoms with van der Waals surface area (Å²) in [6.07, 6.45) is 4.40. The number of ether oxygens (including phenoxy) is 1. The van der Waals surface area contributed by atoms with Crippen LogP contribution in [0.4, 0.5) is 0 Å². The van der Waals surface area contributed by atoms with Crippen molar-refractivity contribution in [2.75, 3.05) is 6.61 Å². The van der Waals surface area contributed by atoms with Gasteiger partial charge in [0.1, 0.15) is 5.82 Å². The molecular formula is C11H14N2O2. The lowest BCUT2D eigenvalue weighted by atomic mass is 10.2. The second-order valence-electron chi connectivity index (χ2n) is 4.33. The second-order valence-corrected chi connectivity index (χ2v) is 4.33. The molecule has 1 aliphatic carbocycles. The zero-order chi connectivity index (χ0) is 10.3. The first kappa shape index (κ1) is 9.09. The number of nitrogens with one attached hydrogen (secondary N) is 1. The summed E-state index contributed by atoms with van der Waals surface area (Å²) in [7, 11) is 0. The van der Waals surface area contributed by atoms with E-state index in [1.165, 1.54) is 0 Å². The van der Waals surface area contributed by atoms with Gasteiger partial charge in [-0.15, -0.1) is 0 Å². The Labute approximate surface area is 87.7 Å². The van der Waals surface area contributed by atoms with Crippen LogP contribution in [0.5, 0.6) is 0 Å². The van der Waals surface area contributed by atoms with Crippen molar-refractivity contribution in [2.45, 2.75) is 37.7 Å². The highest BCUT2D eigenvalue weighted by atomic mass is 16.5. The molecule has 4 nitrogen and oxygen atoms in total. The number of hydrogen-bond donors (Lipinski definition) is 1. The highest BCUT2D eigenvalue weighted by Crippen LogP contribution is 2.38. The van der Waals surface area contributed by atoms with Gasteiger partial charge in [-0.1, -0.05) is 0 Å². The summed E-state index contributed by atoms with van der Waals surface area (Å²) in [5.41, 5.74) is 0.774. The predicted octanol–water partition coefficient (Wildman–Crippen LogP) is 1.50. The summed E-state index contributed by atoms with van der Waals surface area (Å²) in [4.78, 5) is 18.8. The molecule has 1 saturated carbocycles. The predicted molar refractivity (Wildman–Crippen MR) is 54.8 cm³/mol. The monoisotopic (exact) mass is 206 g/mol. The van der Waals surface area contributed by atoms with E-state index >= 15 is 0 Å². The first-order chi connectivity index (χ1) is 7.33. The van der Waals surface area contributed by atoms with Crippen LogP contribution in [0.15, 0.2) is 10.9 Å². The summed E-state index contributed by atoms with van der Waals surface area (Å²) in [6.45, 7) is 0.790. The molecule has 1 aromatic rings. The molecule has 1 aliphatic heterocycles. The molecule has 1 unspecified atom stereocenters. The van der Waals surface area contributed by atoms with Gasteiger partial charge >= 0.3 is 0 Å². The van der Waals surface area contributed by atoms with Crippen molar-refractivity contribution < 1.29 is 4.74 Å². The molecule has 2 fully saturated rings. The fourth-order valence-electron chi connectivity index (χ4n) is 2.02. The molecule has 1 saturated heterocycles. The maximum absolute atomic E-state index is 11.4. The number of H-pyrrole nitrogens is 1. The number of aromatic nitrogens is 2. The smallest absolute Gasteiger partial charge is 0.251 e. The van der Waals surface area contributed by atoms with Crippen molar-refractivity contribution in [2.24, 2.45) is 0 Å². The van der Waals surface area contributed by atoms with E-state index in [1.54, 1.807) is 6.07 Å². The van der Waals surface area contributed by atoms with E-state index in [-0.39, 0.29) is 11.7 Å². The Morgan fingerprint density at radius 1 is 1.40 bits per heavy atom. The topological polar surface area (TPSA) is 55.0 Å². The normalized spacial score (nSPS) is 25.7. The standard InChI is InChI=1S/C11H14N2O2/c14-10-6-8(9-2-1-5-15-9)12-11(13-10)7-3-4-7/h6-7,9H,1-5H2,(H,12,13,14). The Balaban J connectivity index is 1.95. The van der Waals surface area contributed by atoms with Crippen LogP contribution in [-0.2, 0) is 4.74 Å². The van der Waals surface area contributed by atoms with Crippen LogP contribution in [0.1, 0.15) is 49.2 Å². The molecule has 0 radical (unpaired) electrons. The number of aromatic amines is 1. The minimum absolute atomic E-state index is 0.0441. The number of rotatable bonds is 2. The van der Waals surface area contributed by atoms with E-state index in [9.17, 15) is 4.79 Å². The lowest BCUT2D eigenvalue weighted by Gasteiger charge is -2.09. The zero-order valence-electron chi connectivity index (χ0n) is 8.53. The highest BCUT2D eigenvalue weighted by Gasteiger charge is 2.28. The molecule has 15 heavy (non-hydrogen) atoms. The third-order valence-electron chi connectivity index (χ3n) is 3.00. The molecule has 0 bridgehead atoms. The van der Waals surface area contributed by atoms with E-state index in [2.05, 4.69) is 9.97 Å². The molecule has 1 atom stereocenters. The van der Waals surface area contributed by atoms with E-state index in [1.807, 2.05) is 0 Å². The summed E-state index contributed by atoms with van der Waals surface area (Å²) >= 11 is 0. The molecule has 1 N–H and O–H groups in total. The largest absolute Gasteiger partial charge is 0.372 e. The Morgan fingerprint density at radius 2 is 2.27 bits per heavy atom. The first-order valence-electron chi connectivity index (χ1n) is 5.56. The average Bonchev–Trinajstić information content (AvgIpc) is 2.93. The maximum Gasteiger partial charge on any atom is 0.251 e. The van der Waals surface area contributed by atoms with Crippen molar-refractivity contribution in [3.05, 3.63) is 27.9 Å². The van der Waals surface area contributed by atoms with Crippen LogP contribution in [0.25, 0.3) is 0 Å². The molecule has 2 aliphatic rings. The summed E-state index contributed by atoms with van der Waals surface area (Å²) in [5, 5.41) is 0. The molecule has 4 heteroatoms. The number of hydrogen-bond acceptors (Lipinski definition) is 3. The van der Waals surface area contributed by atoms with Gasteiger partial charge in [-0.05, 0) is 25.7 Å². The second kappa shape index (κ2) is 3.45. The van der Waals surface area contributed by atoms with Crippen LogP contribution in [-0.4, -0.2) is 16.6 Å². The minimum atomic E-state index is -0.0441. The Kier molecular flexibility index (Phi) is 2.09. The van der Waals surface area contributed by atoms with Crippen molar-refractivity contribution in [3.63, 3.8) is 0 Å². The lowest BCUT2D eigenvalue weighted by Crippen LogP contribution is -2.14. The van der Waals surface area contributed by atoms with Gasteiger partial charge in [0.15, 0.2) is 0 Å². The molecule has 0 aromatic carbocycles. The van der Waals surface area contributed by atoms with Gasteiger partial charge in [0.25, 0.3) is 5.56 Å². The van der Waals surface area contributed by atoms with Gasteiger partial charge in [0.2, 0.25) is 0 Å². The van der Waals surface area contributed by atoms with E-state index in [4.69, 9.17) is 4.74 Å². The van der Waals surface area contributed by atoms with E-state index in [0.29, 0.717) is 5.92 Å². The van der Waals surface area contributed by atoms with Crippen molar-refractivity contribution in [3.8, 4) is 0 Å². The number of nitrogens with zero attached hydrogens (tertiary/aromatic N) is 1. The van der Waals surface area contributed by atoms with Crippen LogP contribution in [0.3, 0.4) is 0 Å². The van der Waals surface area contributed by atoms with Crippen LogP contribution >= 0.6 is 0 Å². The van der Waals surface area contributed by atoms with Gasteiger partial charge in [0, 0.05) is 18.6 Å². The van der Waals surface area contributed by atoms with Crippen molar-refractivity contribution in [1.29, 1.82) is 0 Å². The van der Waals surface area contributed by atoms with Crippen molar-refractivity contribution in [1.82, 2.24) is 9.97 Å². The van der Waals surface area contributed by atoms with Crippen LogP contribution in [0, 0.1) is 0 Å². The fraction of sp³-hybridized carbons (Fsp3) is 0.636. The lowest BCUT2D eigenvalue weighted by molar-refractivity contribution is 0.108. The Bertz CT molecular complexity index is 417.